The largest absolute Gasteiger partial charge is 0.376 e. The molecule has 21 heavy (non-hydrogen) atoms. The second kappa shape index (κ2) is 8.51. The van der Waals surface area contributed by atoms with Crippen LogP contribution in [-0.2, 0) is 16.1 Å². The normalized spacial score (nSPS) is 19.6. The Morgan fingerprint density at radius 3 is 3.10 bits per heavy atom. The van der Waals surface area contributed by atoms with Crippen LogP contribution in [0.15, 0.2) is 17.5 Å². The number of nitrogens with zero attached hydrogens (tertiary/aromatic N) is 1. The number of amides is 1. The molecule has 2 rings (SSSR count). The van der Waals surface area contributed by atoms with Crippen molar-refractivity contribution in [2.75, 3.05) is 13.2 Å². The lowest BCUT2D eigenvalue weighted by atomic mass is 10.1. The Morgan fingerprint density at radius 2 is 2.48 bits per heavy atom. The average molecular weight is 310 g/mol. The molecule has 1 aliphatic rings. The summed E-state index contributed by atoms with van der Waals surface area (Å²) in [4.78, 5) is 15.7. The second-order valence-corrected chi connectivity index (χ2v) is 6.71. The SMILES string of the molecule is CCCC[C@H](N)C(=O)N(Cc1cccs1)CC1CCCO1. The van der Waals surface area contributed by atoms with Crippen molar-refractivity contribution in [3.63, 3.8) is 0 Å². The van der Waals surface area contributed by atoms with Gasteiger partial charge in [0.05, 0.1) is 18.7 Å². The molecule has 2 heterocycles. The maximum Gasteiger partial charge on any atom is 0.239 e. The minimum atomic E-state index is -0.383. The first-order valence-electron chi connectivity index (χ1n) is 7.89. The van der Waals surface area contributed by atoms with Gasteiger partial charge in [0.2, 0.25) is 5.91 Å². The highest BCUT2D eigenvalue weighted by Crippen LogP contribution is 2.18. The molecule has 1 aliphatic heterocycles. The summed E-state index contributed by atoms with van der Waals surface area (Å²) < 4.78 is 5.68. The highest BCUT2D eigenvalue weighted by molar-refractivity contribution is 7.09. The van der Waals surface area contributed by atoms with Gasteiger partial charge in [0.15, 0.2) is 0 Å². The summed E-state index contributed by atoms with van der Waals surface area (Å²) in [6, 6.07) is 3.70. The van der Waals surface area contributed by atoms with Crippen molar-refractivity contribution in [3.05, 3.63) is 22.4 Å². The lowest BCUT2D eigenvalue weighted by Crippen LogP contribution is -2.46. The van der Waals surface area contributed by atoms with E-state index in [0.717, 1.165) is 38.7 Å². The molecule has 1 unspecified atom stereocenters. The molecule has 0 saturated carbocycles. The lowest BCUT2D eigenvalue weighted by molar-refractivity contribution is -0.135. The van der Waals surface area contributed by atoms with Gasteiger partial charge >= 0.3 is 0 Å². The molecule has 118 valence electrons. The maximum absolute atomic E-state index is 12.6. The van der Waals surface area contributed by atoms with E-state index in [1.807, 2.05) is 16.3 Å². The molecular weight excluding hydrogens is 284 g/mol. The summed E-state index contributed by atoms with van der Waals surface area (Å²) in [5.41, 5.74) is 6.08. The first kappa shape index (κ1) is 16.5. The van der Waals surface area contributed by atoms with Crippen LogP contribution in [0, 0.1) is 0 Å². The second-order valence-electron chi connectivity index (χ2n) is 5.68. The molecule has 0 bridgehead atoms. The summed E-state index contributed by atoms with van der Waals surface area (Å²) in [6.07, 6.45) is 5.14. The van der Waals surface area contributed by atoms with Crippen LogP contribution in [0.3, 0.4) is 0 Å². The molecular formula is C16H26N2O2S. The number of rotatable bonds is 8. The van der Waals surface area contributed by atoms with E-state index in [0.29, 0.717) is 13.1 Å². The van der Waals surface area contributed by atoms with Gasteiger partial charge in [-0.2, -0.15) is 0 Å². The van der Waals surface area contributed by atoms with Crippen LogP contribution in [0.2, 0.25) is 0 Å². The van der Waals surface area contributed by atoms with E-state index in [1.165, 1.54) is 4.88 Å². The van der Waals surface area contributed by atoms with Gasteiger partial charge in [0, 0.05) is 18.0 Å². The summed E-state index contributed by atoms with van der Waals surface area (Å²) in [5.74, 6) is 0.0624. The Morgan fingerprint density at radius 1 is 1.62 bits per heavy atom. The van der Waals surface area contributed by atoms with E-state index in [4.69, 9.17) is 10.5 Å². The monoisotopic (exact) mass is 310 g/mol. The molecule has 5 heteroatoms. The predicted octanol–water partition coefficient (Wildman–Crippen LogP) is 2.77. The third kappa shape index (κ3) is 5.09. The minimum absolute atomic E-state index is 0.0624. The Kier molecular flexibility index (Phi) is 6.67. The highest BCUT2D eigenvalue weighted by atomic mass is 32.1. The zero-order valence-corrected chi connectivity index (χ0v) is 13.6. The van der Waals surface area contributed by atoms with E-state index in [-0.39, 0.29) is 18.1 Å². The molecule has 1 aromatic rings. The zero-order chi connectivity index (χ0) is 15.1. The molecule has 0 radical (unpaired) electrons. The molecule has 2 N–H and O–H groups in total. The molecule has 0 aliphatic carbocycles. The van der Waals surface area contributed by atoms with Crippen LogP contribution in [0.4, 0.5) is 0 Å². The molecule has 1 amide bonds. The van der Waals surface area contributed by atoms with Crippen LogP contribution in [0.1, 0.15) is 43.9 Å². The Labute approximate surface area is 131 Å². The fourth-order valence-electron chi connectivity index (χ4n) is 2.64. The third-order valence-electron chi connectivity index (χ3n) is 3.87. The van der Waals surface area contributed by atoms with Gasteiger partial charge in [-0.25, -0.2) is 0 Å². The molecule has 1 fully saturated rings. The topological polar surface area (TPSA) is 55.6 Å². The molecule has 2 atom stereocenters. The Hall–Kier alpha value is -0.910. The first-order valence-corrected chi connectivity index (χ1v) is 8.77. The molecule has 1 saturated heterocycles. The van der Waals surface area contributed by atoms with Gasteiger partial charge in [-0.15, -0.1) is 11.3 Å². The Bertz CT molecular complexity index is 416. The minimum Gasteiger partial charge on any atom is -0.376 e. The van der Waals surface area contributed by atoms with Crippen molar-refractivity contribution in [3.8, 4) is 0 Å². The van der Waals surface area contributed by atoms with E-state index in [9.17, 15) is 4.79 Å². The fraction of sp³-hybridized carbons (Fsp3) is 0.688. The smallest absolute Gasteiger partial charge is 0.239 e. The van der Waals surface area contributed by atoms with Crippen molar-refractivity contribution in [1.29, 1.82) is 0 Å². The summed E-state index contributed by atoms with van der Waals surface area (Å²) >= 11 is 1.68. The van der Waals surface area contributed by atoms with E-state index >= 15 is 0 Å². The van der Waals surface area contributed by atoms with Crippen molar-refractivity contribution in [1.82, 2.24) is 4.90 Å². The molecule has 4 nitrogen and oxygen atoms in total. The van der Waals surface area contributed by atoms with E-state index in [2.05, 4.69) is 13.0 Å². The van der Waals surface area contributed by atoms with Gasteiger partial charge in [-0.05, 0) is 30.7 Å². The number of ether oxygens (including phenoxy) is 1. The standard InChI is InChI=1S/C16H26N2O2S/c1-2-3-8-15(17)16(19)18(11-13-6-4-9-20-13)12-14-7-5-10-21-14/h5,7,10,13,15H,2-4,6,8-9,11-12,17H2,1H3/t13?,15-/m0/s1. The van der Waals surface area contributed by atoms with Gasteiger partial charge in [0.1, 0.15) is 0 Å². The van der Waals surface area contributed by atoms with Crippen molar-refractivity contribution >= 4 is 17.2 Å². The van der Waals surface area contributed by atoms with Crippen LogP contribution in [0.25, 0.3) is 0 Å². The molecule has 0 spiro atoms. The number of carbonyl (C=O) groups is 1. The van der Waals surface area contributed by atoms with E-state index < -0.39 is 0 Å². The number of carbonyl (C=O) groups excluding carboxylic acids is 1. The van der Waals surface area contributed by atoms with E-state index in [1.54, 1.807) is 11.3 Å². The maximum atomic E-state index is 12.6. The highest BCUT2D eigenvalue weighted by Gasteiger charge is 2.26. The number of hydrogen-bond donors (Lipinski definition) is 1. The predicted molar refractivity (Wildman–Crippen MR) is 86.2 cm³/mol. The number of thiophene rings is 1. The quantitative estimate of drug-likeness (QED) is 0.803. The van der Waals surface area contributed by atoms with Crippen LogP contribution in [0.5, 0.6) is 0 Å². The third-order valence-corrected chi connectivity index (χ3v) is 4.73. The number of hydrogen-bond acceptors (Lipinski definition) is 4. The molecule has 1 aromatic heterocycles. The van der Waals surface area contributed by atoms with Crippen LogP contribution >= 0.6 is 11.3 Å². The Balaban J connectivity index is 1.97. The number of nitrogens with two attached hydrogens (primary N) is 1. The number of unbranched alkanes of at least 4 members (excludes halogenated alkanes) is 1. The fourth-order valence-corrected chi connectivity index (χ4v) is 3.36. The average Bonchev–Trinajstić information content (AvgIpc) is 3.16. The van der Waals surface area contributed by atoms with Crippen molar-refractivity contribution in [2.24, 2.45) is 5.73 Å². The van der Waals surface area contributed by atoms with Crippen molar-refractivity contribution < 1.29 is 9.53 Å². The molecule has 0 aromatic carbocycles. The van der Waals surface area contributed by atoms with Gasteiger partial charge in [0.25, 0.3) is 0 Å². The zero-order valence-electron chi connectivity index (χ0n) is 12.8. The van der Waals surface area contributed by atoms with Gasteiger partial charge < -0.3 is 15.4 Å². The summed E-state index contributed by atoms with van der Waals surface area (Å²) in [6.45, 7) is 4.24. The lowest BCUT2D eigenvalue weighted by Gasteiger charge is -2.27. The van der Waals surface area contributed by atoms with Gasteiger partial charge in [-0.1, -0.05) is 25.8 Å². The summed E-state index contributed by atoms with van der Waals surface area (Å²) in [5, 5.41) is 2.04. The van der Waals surface area contributed by atoms with Crippen molar-refractivity contribution in [2.45, 2.75) is 57.7 Å². The first-order chi connectivity index (χ1) is 10.2. The van der Waals surface area contributed by atoms with Gasteiger partial charge in [-0.3, -0.25) is 4.79 Å². The summed E-state index contributed by atoms with van der Waals surface area (Å²) in [7, 11) is 0. The van der Waals surface area contributed by atoms with Crippen LogP contribution < -0.4 is 5.73 Å². The van der Waals surface area contributed by atoms with Crippen LogP contribution in [-0.4, -0.2) is 36.1 Å².